The number of hydrogen-bond donors (Lipinski definition) is 1. The Kier molecular flexibility index (Phi) is 7.16. The molecule has 0 radical (unpaired) electrons. The molecular weight excluding hydrogens is 455 g/mol. The van der Waals surface area contributed by atoms with E-state index in [0.29, 0.717) is 31.6 Å². The SMILES string of the molecule is CC(O)(N(c1cccc(OCC2CCCCC2)c1)c1ccc(C(F)(F)F)cc1F)C(F)(F)F. The molecule has 1 aliphatic rings. The van der Waals surface area contributed by atoms with Crippen LogP contribution in [0.5, 0.6) is 5.75 Å². The van der Waals surface area contributed by atoms with Crippen LogP contribution in [0.4, 0.5) is 42.1 Å². The monoisotopic (exact) mass is 479 g/mol. The van der Waals surface area contributed by atoms with Crippen LogP contribution < -0.4 is 9.64 Å². The van der Waals surface area contributed by atoms with E-state index in [1.807, 2.05) is 0 Å². The van der Waals surface area contributed by atoms with Crippen LogP contribution in [-0.2, 0) is 6.18 Å². The second kappa shape index (κ2) is 9.40. The normalized spacial score (nSPS) is 17.5. The summed E-state index contributed by atoms with van der Waals surface area (Å²) in [6.07, 6.45) is -4.90. The first kappa shape index (κ1) is 25.1. The van der Waals surface area contributed by atoms with E-state index in [9.17, 15) is 35.8 Å². The molecular formula is C23H24F7NO2. The molecule has 1 N–H and O–H groups in total. The first-order chi connectivity index (χ1) is 15.3. The lowest BCUT2D eigenvalue weighted by Gasteiger charge is -2.40. The van der Waals surface area contributed by atoms with Gasteiger partial charge in [0.15, 0.2) is 0 Å². The lowest BCUT2D eigenvalue weighted by atomic mass is 9.90. The van der Waals surface area contributed by atoms with Gasteiger partial charge in [0, 0.05) is 11.8 Å². The zero-order valence-electron chi connectivity index (χ0n) is 17.8. The zero-order valence-corrected chi connectivity index (χ0v) is 17.8. The second-order valence-electron chi connectivity index (χ2n) is 8.33. The number of anilines is 2. The quantitative estimate of drug-likeness (QED) is 0.351. The van der Waals surface area contributed by atoms with E-state index in [-0.39, 0.29) is 22.4 Å². The number of nitrogens with zero attached hydrogens (tertiary/aromatic N) is 1. The van der Waals surface area contributed by atoms with E-state index in [1.54, 1.807) is 0 Å². The number of hydrogen-bond acceptors (Lipinski definition) is 3. The van der Waals surface area contributed by atoms with E-state index >= 15 is 0 Å². The van der Waals surface area contributed by atoms with Gasteiger partial charge in [-0.3, -0.25) is 0 Å². The van der Waals surface area contributed by atoms with Crippen molar-refractivity contribution in [2.45, 2.75) is 57.1 Å². The van der Waals surface area contributed by atoms with Gasteiger partial charge in [-0.05, 0) is 56.0 Å². The van der Waals surface area contributed by atoms with Crippen LogP contribution in [0, 0.1) is 11.7 Å². The molecule has 3 rings (SSSR count). The van der Waals surface area contributed by atoms with Crippen molar-refractivity contribution in [2.24, 2.45) is 5.92 Å². The molecule has 0 aliphatic heterocycles. The summed E-state index contributed by atoms with van der Waals surface area (Å²) in [5.41, 5.74) is -6.15. The number of benzene rings is 2. The van der Waals surface area contributed by atoms with Crippen molar-refractivity contribution in [3.63, 3.8) is 0 Å². The molecule has 33 heavy (non-hydrogen) atoms. The van der Waals surface area contributed by atoms with E-state index < -0.39 is 35.1 Å². The van der Waals surface area contributed by atoms with Crippen LogP contribution in [0.3, 0.4) is 0 Å². The molecule has 0 bridgehead atoms. The summed E-state index contributed by atoms with van der Waals surface area (Å²) in [4.78, 5) is 0.218. The number of rotatable bonds is 6. The van der Waals surface area contributed by atoms with Crippen molar-refractivity contribution in [1.82, 2.24) is 0 Å². The fraction of sp³-hybridized carbons (Fsp3) is 0.478. The minimum absolute atomic E-state index is 0.0955. The maximum Gasteiger partial charge on any atom is 0.436 e. The fourth-order valence-electron chi connectivity index (χ4n) is 3.90. The molecule has 0 saturated heterocycles. The molecule has 0 spiro atoms. The van der Waals surface area contributed by atoms with Crippen molar-refractivity contribution in [3.05, 3.63) is 53.8 Å². The topological polar surface area (TPSA) is 32.7 Å². The minimum atomic E-state index is -5.26. The lowest BCUT2D eigenvalue weighted by Crippen LogP contribution is -2.55. The van der Waals surface area contributed by atoms with Gasteiger partial charge in [0.25, 0.3) is 0 Å². The highest BCUT2D eigenvalue weighted by Crippen LogP contribution is 2.44. The number of halogens is 7. The van der Waals surface area contributed by atoms with Crippen LogP contribution in [-0.4, -0.2) is 23.6 Å². The van der Waals surface area contributed by atoms with E-state index in [4.69, 9.17) is 4.74 Å². The highest BCUT2D eigenvalue weighted by molar-refractivity contribution is 5.67. The van der Waals surface area contributed by atoms with Crippen molar-refractivity contribution >= 4 is 11.4 Å². The Morgan fingerprint density at radius 2 is 1.64 bits per heavy atom. The van der Waals surface area contributed by atoms with Gasteiger partial charge in [-0.15, -0.1) is 0 Å². The molecule has 1 unspecified atom stereocenters. The zero-order chi connectivity index (χ0) is 24.4. The van der Waals surface area contributed by atoms with Crippen molar-refractivity contribution in [1.29, 1.82) is 0 Å². The van der Waals surface area contributed by atoms with Gasteiger partial charge in [-0.25, -0.2) is 4.39 Å². The molecule has 1 saturated carbocycles. The average molecular weight is 479 g/mol. The fourth-order valence-corrected chi connectivity index (χ4v) is 3.90. The number of ether oxygens (including phenoxy) is 1. The maximum atomic E-state index is 14.7. The Labute approximate surface area is 186 Å². The van der Waals surface area contributed by atoms with Crippen LogP contribution in [0.2, 0.25) is 0 Å². The predicted molar refractivity (Wildman–Crippen MR) is 109 cm³/mol. The van der Waals surface area contributed by atoms with Gasteiger partial charge in [0.05, 0.1) is 17.9 Å². The summed E-state index contributed by atoms with van der Waals surface area (Å²) in [5.74, 6) is -1.06. The van der Waals surface area contributed by atoms with Gasteiger partial charge in [-0.1, -0.05) is 25.3 Å². The molecule has 1 aliphatic carbocycles. The Balaban J connectivity index is 1.99. The van der Waals surface area contributed by atoms with Gasteiger partial charge >= 0.3 is 12.4 Å². The third kappa shape index (κ3) is 5.72. The summed E-state index contributed by atoms with van der Waals surface area (Å²) in [6, 6.07) is 6.38. The van der Waals surface area contributed by atoms with E-state index in [1.165, 1.54) is 24.3 Å². The summed E-state index contributed by atoms with van der Waals surface area (Å²) < 4.78 is 100. The molecule has 182 valence electrons. The molecule has 10 heteroatoms. The molecule has 1 atom stereocenters. The average Bonchev–Trinajstić information content (AvgIpc) is 2.73. The Hall–Kier alpha value is -2.49. The third-order valence-corrected chi connectivity index (χ3v) is 5.77. The van der Waals surface area contributed by atoms with Crippen LogP contribution in [0.25, 0.3) is 0 Å². The highest BCUT2D eigenvalue weighted by atomic mass is 19.4. The maximum absolute atomic E-state index is 14.7. The molecule has 0 amide bonds. The first-order valence-corrected chi connectivity index (χ1v) is 10.5. The van der Waals surface area contributed by atoms with Gasteiger partial charge in [0.2, 0.25) is 5.72 Å². The Morgan fingerprint density at radius 1 is 0.970 bits per heavy atom. The highest BCUT2D eigenvalue weighted by Gasteiger charge is 2.55. The van der Waals surface area contributed by atoms with Crippen LogP contribution in [0.1, 0.15) is 44.6 Å². The molecule has 2 aromatic carbocycles. The van der Waals surface area contributed by atoms with Gasteiger partial charge < -0.3 is 14.7 Å². The smallest absolute Gasteiger partial charge is 0.436 e. The first-order valence-electron chi connectivity index (χ1n) is 10.5. The van der Waals surface area contributed by atoms with Crippen LogP contribution in [0.15, 0.2) is 42.5 Å². The van der Waals surface area contributed by atoms with Gasteiger partial charge in [0.1, 0.15) is 11.6 Å². The van der Waals surface area contributed by atoms with Crippen molar-refractivity contribution in [3.8, 4) is 5.75 Å². The summed E-state index contributed by atoms with van der Waals surface area (Å²) >= 11 is 0. The second-order valence-corrected chi connectivity index (χ2v) is 8.33. The molecule has 2 aromatic rings. The molecule has 0 heterocycles. The standard InChI is InChI=1S/C23H24F7NO2/c1-21(32,23(28,29)30)31(20-11-10-16(12-19(20)24)22(25,26)27)17-8-5-9-18(13-17)33-14-15-6-3-2-4-7-15/h5,8-13,15,32H,2-4,6-7,14H2,1H3. The molecule has 3 nitrogen and oxygen atoms in total. The predicted octanol–water partition coefficient (Wildman–Crippen LogP) is 7.21. The summed E-state index contributed by atoms with van der Waals surface area (Å²) in [5, 5.41) is 10.4. The van der Waals surface area contributed by atoms with Crippen molar-refractivity contribution in [2.75, 3.05) is 11.5 Å². The van der Waals surface area contributed by atoms with E-state index in [2.05, 4.69) is 0 Å². The minimum Gasteiger partial charge on any atom is -0.493 e. The van der Waals surface area contributed by atoms with E-state index in [0.717, 1.165) is 32.1 Å². The summed E-state index contributed by atoms with van der Waals surface area (Å²) in [7, 11) is 0. The number of aliphatic hydroxyl groups is 1. The lowest BCUT2D eigenvalue weighted by molar-refractivity contribution is -0.249. The summed E-state index contributed by atoms with van der Waals surface area (Å²) in [6.45, 7) is 0.757. The Bertz CT molecular complexity index is 951. The largest absolute Gasteiger partial charge is 0.493 e. The number of alkyl halides is 6. The van der Waals surface area contributed by atoms with Gasteiger partial charge in [-0.2, -0.15) is 26.3 Å². The Morgan fingerprint density at radius 3 is 2.21 bits per heavy atom. The third-order valence-electron chi connectivity index (χ3n) is 5.77. The van der Waals surface area contributed by atoms with Crippen LogP contribution >= 0.6 is 0 Å². The molecule has 1 fully saturated rings. The van der Waals surface area contributed by atoms with Crippen molar-refractivity contribution < 1.29 is 40.6 Å². The molecule has 0 aromatic heterocycles.